The van der Waals surface area contributed by atoms with Crippen LogP contribution in [-0.4, -0.2) is 37.8 Å². The number of likely N-dealkylation sites (tertiary alicyclic amines) is 1. The SMILES string of the molecule is NS(=O)(=O)c1ccccc1-c1ccc(NC(=O)C2CCCN2C(=O)Nc2ccc(Cl)cc2)c(Cl)c1. The maximum absolute atomic E-state index is 13.0. The monoisotopic (exact) mass is 532 g/mol. The Bertz CT molecular complexity index is 1380. The van der Waals surface area contributed by atoms with Crippen LogP contribution in [0.2, 0.25) is 10.0 Å². The lowest BCUT2D eigenvalue weighted by Gasteiger charge is -2.24. The van der Waals surface area contributed by atoms with E-state index in [0.29, 0.717) is 46.9 Å². The number of sulfonamides is 1. The van der Waals surface area contributed by atoms with E-state index in [1.165, 1.54) is 11.0 Å². The van der Waals surface area contributed by atoms with Gasteiger partial charge in [-0.1, -0.05) is 47.5 Å². The van der Waals surface area contributed by atoms with Gasteiger partial charge in [0.15, 0.2) is 0 Å². The van der Waals surface area contributed by atoms with Crippen LogP contribution >= 0.6 is 23.2 Å². The zero-order valence-electron chi connectivity index (χ0n) is 18.4. The maximum atomic E-state index is 13.0. The van der Waals surface area contributed by atoms with Crippen LogP contribution < -0.4 is 15.8 Å². The van der Waals surface area contributed by atoms with Gasteiger partial charge in [-0.15, -0.1) is 0 Å². The van der Waals surface area contributed by atoms with Gasteiger partial charge in [0, 0.05) is 22.8 Å². The van der Waals surface area contributed by atoms with Crippen molar-refractivity contribution in [1.82, 2.24) is 4.90 Å². The Morgan fingerprint density at radius 2 is 1.69 bits per heavy atom. The number of carbonyl (C=O) groups is 2. The van der Waals surface area contributed by atoms with Crippen molar-refractivity contribution in [2.45, 2.75) is 23.8 Å². The van der Waals surface area contributed by atoms with Crippen LogP contribution in [0.15, 0.2) is 71.6 Å². The molecule has 0 aliphatic carbocycles. The summed E-state index contributed by atoms with van der Waals surface area (Å²) in [5.41, 5.74) is 1.85. The molecule has 3 amide bonds. The van der Waals surface area contributed by atoms with Gasteiger partial charge in [0.25, 0.3) is 0 Å². The molecule has 35 heavy (non-hydrogen) atoms. The Hall–Kier alpha value is -3.11. The quantitative estimate of drug-likeness (QED) is 0.430. The van der Waals surface area contributed by atoms with Gasteiger partial charge in [-0.3, -0.25) is 4.79 Å². The molecule has 8 nitrogen and oxygen atoms in total. The minimum atomic E-state index is -3.94. The van der Waals surface area contributed by atoms with Crippen LogP contribution in [0.1, 0.15) is 12.8 Å². The standard InChI is InChI=1S/C24H22Cl2N4O4S/c25-16-8-10-17(11-9-16)28-24(32)30-13-3-5-21(30)23(31)29-20-12-7-15(14-19(20)26)18-4-1-2-6-22(18)35(27,33)34/h1-2,4,6-12,14,21H,3,5,13H2,(H,28,32)(H,29,31)(H2,27,33,34). The highest BCUT2D eigenvalue weighted by molar-refractivity contribution is 7.89. The van der Waals surface area contributed by atoms with Crippen LogP contribution in [-0.2, 0) is 14.8 Å². The molecule has 1 aliphatic rings. The van der Waals surface area contributed by atoms with Crippen LogP contribution in [0, 0.1) is 0 Å². The Balaban J connectivity index is 1.49. The normalized spacial score (nSPS) is 15.6. The van der Waals surface area contributed by atoms with E-state index in [9.17, 15) is 18.0 Å². The minimum Gasteiger partial charge on any atom is -0.323 e. The molecule has 11 heteroatoms. The molecule has 0 bridgehead atoms. The lowest BCUT2D eigenvalue weighted by molar-refractivity contribution is -0.119. The molecule has 1 atom stereocenters. The molecule has 4 rings (SSSR count). The Morgan fingerprint density at radius 1 is 0.971 bits per heavy atom. The summed E-state index contributed by atoms with van der Waals surface area (Å²) in [6.07, 6.45) is 1.19. The van der Waals surface area contributed by atoms with Gasteiger partial charge in [-0.2, -0.15) is 0 Å². The second-order valence-corrected chi connectivity index (χ2v) is 10.4. The predicted molar refractivity (Wildman–Crippen MR) is 137 cm³/mol. The van der Waals surface area contributed by atoms with Gasteiger partial charge in [0.2, 0.25) is 15.9 Å². The van der Waals surface area contributed by atoms with Gasteiger partial charge in [-0.05, 0) is 60.9 Å². The van der Waals surface area contributed by atoms with Crippen LogP contribution in [0.25, 0.3) is 11.1 Å². The van der Waals surface area contributed by atoms with Crippen LogP contribution in [0.4, 0.5) is 16.2 Å². The van der Waals surface area contributed by atoms with Gasteiger partial charge in [0.1, 0.15) is 6.04 Å². The first-order valence-electron chi connectivity index (χ1n) is 10.7. The van der Waals surface area contributed by atoms with E-state index >= 15 is 0 Å². The summed E-state index contributed by atoms with van der Waals surface area (Å²) in [4.78, 5) is 27.2. The molecule has 4 N–H and O–H groups in total. The summed E-state index contributed by atoms with van der Waals surface area (Å²) in [6.45, 7) is 0.439. The number of urea groups is 1. The maximum Gasteiger partial charge on any atom is 0.322 e. The second kappa shape index (κ2) is 10.2. The van der Waals surface area contributed by atoms with Crippen molar-refractivity contribution in [3.05, 3.63) is 76.8 Å². The number of nitrogens with one attached hydrogen (secondary N) is 2. The largest absolute Gasteiger partial charge is 0.323 e. The fraction of sp³-hybridized carbons (Fsp3) is 0.167. The molecule has 0 aromatic heterocycles. The number of hydrogen-bond acceptors (Lipinski definition) is 4. The highest BCUT2D eigenvalue weighted by Gasteiger charge is 2.34. The number of halogens is 2. The minimum absolute atomic E-state index is 0.0267. The summed E-state index contributed by atoms with van der Waals surface area (Å²) >= 11 is 12.3. The summed E-state index contributed by atoms with van der Waals surface area (Å²) in [6, 6.07) is 16.7. The number of anilines is 2. The topological polar surface area (TPSA) is 122 Å². The zero-order valence-corrected chi connectivity index (χ0v) is 20.7. The zero-order chi connectivity index (χ0) is 25.2. The molecule has 1 heterocycles. The third-order valence-electron chi connectivity index (χ3n) is 5.64. The second-order valence-electron chi connectivity index (χ2n) is 8.01. The van der Waals surface area contributed by atoms with Gasteiger partial charge in [0.05, 0.1) is 15.6 Å². The van der Waals surface area contributed by atoms with Crippen molar-refractivity contribution in [2.75, 3.05) is 17.2 Å². The molecule has 182 valence electrons. The average Bonchev–Trinajstić information content (AvgIpc) is 3.32. The average molecular weight is 533 g/mol. The van der Waals surface area contributed by atoms with Crippen LogP contribution in [0.5, 0.6) is 0 Å². The van der Waals surface area contributed by atoms with Crippen molar-refractivity contribution >= 4 is 56.5 Å². The van der Waals surface area contributed by atoms with Crippen molar-refractivity contribution in [3.8, 4) is 11.1 Å². The fourth-order valence-electron chi connectivity index (χ4n) is 3.96. The lowest BCUT2D eigenvalue weighted by Crippen LogP contribution is -2.45. The third-order valence-corrected chi connectivity index (χ3v) is 7.18. The molecule has 1 saturated heterocycles. The summed E-state index contributed by atoms with van der Waals surface area (Å²) in [7, 11) is -3.94. The van der Waals surface area contributed by atoms with Crippen molar-refractivity contribution in [3.63, 3.8) is 0 Å². The van der Waals surface area contributed by atoms with E-state index in [4.69, 9.17) is 28.3 Å². The highest BCUT2D eigenvalue weighted by Crippen LogP contribution is 2.32. The molecular formula is C24H22Cl2N4O4S. The molecule has 0 radical (unpaired) electrons. The summed E-state index contributed by atoms with van der Waals surface area (Å²) < 4.78 is 23.9. The number of nitrogens with zero attached hydrogens (tertiary/aromatic N) is 1. The number of primary sulfonamides is 1. The Morgan fingerprint density at radius 3 is 2.37 bits per heavy atom. The van der Waals surface area contributed by atoms with Crippen molar-refractivity contribution in [1.29, 1.82) is 0 Å². The van der Waals surface area contributed by atoms with E-state index in [0.717, 1.165) is 0 Å². The summed E-state index contributed by atoms with van der Waals surface area (Å²) in [5, 5.41) is 11.7. The van der Waals surface area contributed by atoms with E-state index in [1.54, 1.807) is 60.7 Å². The number of carbonyl (C=O) groups excluding carboxylic acids is 2. The lowest BCUT2D eigenvalue weighted by atomic mass is 10.1. The Kier molecular flexibility index (Phi) is 7.32. The predicted octanol–water partition coefficient (Wildman–Crippen LogP) is 4.94. The highest BCUT2D eigenvalue weighted by atomic mass is 35.5. The molecule has 1 unspecified atom stereocenters. The molecule has 0 saturated carbocycles. The number of nitrogens with two attached hydrogens (primary N) is 1. The Labute approximate surface area is 213 Å². The smallest absolute Gasteiger partial charge is 0.322 e. The number of benzene rings is 3. The molecule has 1 aliphatic heterocycles. The number of hydrogen-bond donors (Lipinski definition) is 3. The van der Waals surface area contributed by atoms with E-state index < -0.39 is 16.1 Å². The van der Waals surface area contributed by atoms with Gasteiger partial charge in [-0.25, -0.2) is 18.4 Å². The molecule has 3 aromatic rings. The summed E-state index contributed by atoms with van der Waals surface area (Å²) in [5.74, 6) is -0.367. The number of rotatable bonds is 5. The molecular weight excluding hydrogens is 511 g/mol. The van der Waals surface area contributed by atoms with Crippen molar-refractivity contribution < 1.29 is 18.0 Å². The number of amides is 3. The van der Waals surface area contributed by atoms with E-state index in [-0.39, 0.29) is 21.9 Å². The van der Waals surface area contributed by atoms with E-state index in [2.05, 4.69) is 10.6 Å². The van der Waals surface area contributed by atoms with Gasteiger partial charge < -0.3 is 15.5 Å². The van der Waals surface area contributed by atoms with Gasteiger partial charge >= 0.3 is 6.03 Å². The fourth-order valence-corrected chi connectivity index (χ4v) is 5.08. The first-order valence-corrected chi connectivity index (χ1v) is 13.0. The van der Waals surface area contributed by atoms with Crippen molar-refractivity contribution in [2.24, 2.45) is 5.14 Å². The molecule has 3 aromatic carbocycles. The van der Waals surface area contributed by atoms with E-state index in [1.807, 2.05) is 0 Å². The first-order chi connectivity index (χ1) is 16.6. The molecule has 1 fully saturated rings. The molecule has 0 spiro atoms. The van der Waals surface area contributed by atoms with Crippen LogP contribution in [0.3, 0.4) is 0 Å². The first kappa shape index (κ1) is 25.0. The third kappa shape index (κ3) is 5.76.